The SMILES string of the molecule is COc1ccccc1CN(C(C)=O)C(=O)C(C(C)=O)(C(N)c1c[nH]c2ccccc12)N1CCC(N2CCCCC2)CC1. The molecule has 2 aromatic carbocycles. The topological polar surface area (TPSA) is 112 Å². The summed E-state index contributed by atoms with van der Waals surface area (Å²) in [6.07, 6.45) is 7.13. The summed E-state index contributed by atoms with van der Waals surface area (Å²) in [4.78, 5) is 51.1. The van der Waals surface area contributed by atoms with Gasteiger partial charge in [-0.05, 0) is 63.4 Å². The maximum atomic E-state index is 14.9. The van der Waals surface area contributed by atoms with E-state index in [4.69, 9.17) is 10.5 Å². The zero-order chi connectivity index (χ0) is 29.9. The molecule has 2 aliphatic rings. The molecule has 1 aromatic heterocycles. The number of aromatic nitrogens is 1. The fraction of sp³-hybridized carbons (Fsp3) is 0.485. The monoisotopic (exact) mass is 573 g/mol. The molecular formula is C33H43N5O4. The highest BCUT2D eigenvalue weighted by Gasteiger charge is 2.57. The van der Waals surface area contributed by atoms with Crippen molar-refractivity contribution in [1.82, 2.24) is 19.7 Å². The molecule has 0 radical (unpaired) electrons. The summed E-state index contributed by atoms with van der Waals surface area (Å²) in [6.45, 7) is 6.01. The number of para-hydroxylation sites is 2. The third-order valence-electron chi connectivity index (χ3n) is 9.29. The van der Waals surface area contributed by atoms with Crippen molar-refractivity contribution in [2.24, 2.45) is 5.73 Å². The van der Waals surface area contributed by atoms with Gasteiger partial charge in [-0.15, -0.1) is 0 Å². The molecule has 2 aliphatic heterocycles. The van der Waals surface area contributed by atoms with E-state index in [9.17, 15) is 14.4 Å². The second kappa shape index (κ2) is 12.8. The van der Waals surface area contributed by atoms with Crippen LogP contribution in [0.15, 0.2) is 54.7 Å². The smallest absolute Gasteiger partial charge is 0.259 e. The van der Waals surface area contributed by atoms with Gasteiger partial charge in [0.15, 0.2) is 11.3 Å². The molecule has 9 heteroatoms. The summed E-state index contributed by atoms with van der Waals surface area (Å²) in [5.74, 6) is -0.852. The van der Waals surface area contributed by atoms with Crippen LogP contribution in [0.25, 0.3) is 10.9 Å². The van der Waals surface area contributed by atoms with Crippen molar-refractivity contribution in [3.05, 3.63) is 65.9 Å². The van der Waals surface area contributed by atoms with Gasteiger partial charge in [0, 0.05) is 48.7 Å². The van der Waals surface area contributed by atoms with Gasteiger partial charge in [0.25, 0.3) is 5.91 Å². The zero-order valence-corrected chi connectivity index (χ0v) is 25.0. The van der Waals surface area contributed by atoms with Gasteiger partial charge in [0.2, 0.25) is 5.91 Å². The first-order chi connectivity index (χ1) is 20.3. The fourth-order valence-electron chi connectivity index (χ4n) is 7.04. The number of nitrogens with two attached hydrogens (primary N) is 1. The van der Waals surface area contributed by atoms with Crippen LogP contribution < -0.4 is 10.5 Å². The molecule has 3 aromatic rings. The van der Waals surface area contributed by atoms with Gasteiger partial charge in [-0.25, -0.2) is 0 Å². The Morgan fingerprint density at radius 3 is 2.33 bits per heavy atom. The number of amides is 2. The molecule has 0 spiro atoms. The van der Waals surface area contributed by atoms with Crippen molar-refractivity contribution < 1.29 is 19.1 Å². The van der Waals surface area contributed by atoms with Crippen molar-refractivity contribution in [2.45, 2.75) is 70.1 Å². The van der Waals surface area contributed by atoms with Crippen LogP contribution in [0.1, 0.15) is 63.1 Å². The van der Waals surface area contributed by atoms with Gasteiger partial charge < -0.3 is 20.4 Å². The van der Waals surface area contributed by atoms with E-state index in [1.807, 2.05) is 47.4 Å². The van der Waals surface area contributed by atoms with Crippen molar-refractivity contribution in [1.29, 1.82) is 0 Å². The molecule has 3 heterocycles. The van der Waals surface area contributed by atoms with E-state index in [2.05, 4.69) is 9.88 Å². The van der Waals surface area contributed by atoms with Gasteiger partial charge in [-0.2, -0.15) is 0 Å². The summed E-state index contributed by atoms with van der Waals surface area (Å²) in [6, 6.07) is 14.4. The first-order valence-corrected chi connectivity index (χ1v) is 15.0. The van der Waals surface area contributed by atoms with E-state index >= 15 is 0 Å². The summed E-state index contributed by atoms with van der Waals surface area (Å²) >= 11 is 0. The minimum Gasteiger partial charge on any atom is -0.496 e. The summed E-state index contributed by atoms with van der Waals surface area (Å²) in [5, 5.41) is 0.853. The summed E-state index contributed by atoms with van der Waals surface area (Å²) < 4.78 is 5.52. The minimum atomic E-state index is -1.77. The van der Waals surface area contributed by atoms with Crippen molar-refractivity contribution in [3.63, 3.8) is 0 Å². The first-order valence-electron chi connectivity index (χ1n) is 15.0. The molecule has 3 N–H and O–H groups in total. The number of rotatable bonds is 9. The standard InChI is InChI=1S/C33H43N5O4/c1-23(39)33(31(34)28-21-35-29-13-7-6-12-27(28)29,37-19-15-26(16-20-37)36-17-9-4-10-18-36)32(41)38(24(2)40)22-25-11-5-8-14-30(25)42-3/h5-8,11-14,21,26,31,35H,4,9-10,15-20,22,34H2,1-3H3. The number of aromatic amines is 1. The van der Waals surface area contributed by atoms with Crippen LogP contribution >= 0.6 is 0 Å². The Labute approximate surface area is 248 Å². The van der Waals surface area contributed by atoms with Gasteiger partial charge in [0.05, 0.1) is 19.7 Å². The Bertz CT molecular complexity index is 1420. The Balaban J connectivity index is 1.57. The predicted octanol–water partition coefficient (Wildman–Crippen LogP) is 4.03. The van der Waals surface area contributed by atoms with Crippen LogP contribution in [-0.4, -0.2) is 82.2 Å². The molecule has 0 aliphatic carbocycles. The number of nitrogens with one attached hydrogen (secondary N) is 1. The minimum absolute atomic E-state index is 0.0297. The van der Waals surface area contributed by atoms with E-state index < -0.39 is 23.4 Å². The van der Waals surface area contributed by atoms with Crippen molar-refractivity contribution in [3.8, 4) is 5.75 Å². The Morgan fingerprint density at radius 1 is 1.00 bits per heavy atom. The van der Waals surface area contributed by atoms with Crippen LogP contribution in [-0.2, 0) is 20.9 Å². The van der Waals surface area contributed by atoms with E-state index in [1.165, 1.54) is 38.0 Å². The lowest BCUT2D eigenvalue weighted by atomic mass is 9.77. The molecule has 2 atom stereocenters. The number of ether oxygens (including phenoxy) is 1. The highest BCUT2D eigenvalue weighted by Crippen LogP contribution is 2.39. The number of piperidine rings is 2. The molecule has 0 saturated carbocycles. The highest BCUT2D eigenvalue weighted by molar-refractivity contribution is 6.15. The van der Waals surface area contributed by atoms with E-state index in [0.717, 1.165) is 36.8 Å². The van der Waals surface area contributed by atoms with Crippen LogP contribution in [0.5, 0.6) is 5.75 Å². The fourth-order valence-corrected chi connectivity index (χ4v) is 7.04. The predicted molar refractivity (Wildman–Crippen MR) is 163 cm³/mol. The highest BCUT2D eigenvalue weighted by atomic mass is 16.5. The molecule has 2 amide bonds. The van der Waals surface area contributed by atoms with E-state index in [0.29, 0.717) is 36.0 Å². The van der Waals surface area contributed by atoms with Crippen LogP contribution in [0.3, 0.4) is 0 Å². The summed E-state index contributed by atoms with van der Waals surface area (Å²) in [7, 11) is 1.55. The lowest BCUT2D eigenvalue weighted by Crippen LogP contribution is -2.70. The average Bonchev–Trinajstić information content (AvgIpc) is 3.45. The van der Waals surface area contributed by atoms with Crippen LogP contribution in [0, 0.1) is 0 Å². The Hall–Kier alpha value is -3.53. The third-order valence-corrected chi connectivity index (χ3v) is 9.29. The van der Waals surface area contributed by atoms with E-state index in [1.54, 1.807) is 19.4 Å². The first kappa shape index (κ1) is 29.9. The lowest BCUT2D eigenvalue weighted by Gasteiger charge is -2.50. The number of H-pyrrole nitrogens is 1. The number of methoxy groups -OCH3 is 1. The van der Waals surface area contributed by atoms with Crippen LogP contribution in [0.2, 0.25) is 0 Å². The maximum Gasteiger partial charge on any atom is 0.259 e. The third kappa shape index (κ3) is 5.48. The number of ketones is 1. The molecule has 2 saturated heterocycles. The van der Waals surface area contributed by atoms with Crippen molar-refractivity contribution >= 4 is 28.5 Å². The number of nitrogens with zero attached hydrogens (tertiary/aromatic N) is 3. The second-order valence-corrected chi connectivity index (χ2v) is 11.6. The number of Topliss-reactive ketones (excluding diaryl/α,β-unsaturated/α-hetero) is 1. The number of fused-ring (bicyclic) bond motifs is 1. The molecule has 224 valence electrons. The van der Waals surface area contributed by atoms with Gasteiger partial charge >= 0.3 is 0 Å². The van der Waals surface area contributed by atoms with Gasteiger partial charge in [0.1, 0.15) is 5.75 Å². The molecule has 2 unspecified atom stereocenters. The molecule has 5 rings (SSSR count). The van der Waals surface area contributed by atoms with Gasteiger partial charge in [-0.1, -0.05) is 42.8 Å². The molecule has 42 heavy (non-hydrogen) atoms. The number of benzene rings is 2. The Morgan fingerprint density at radius 2 is 1.67 bits per heavy atom. The Kier molecular flexibility index (Phi) is 9.11. The maximum absolute atomic E-state index is 14.9. The lowest BCUT2D eigenvalue weighted by molar-refractivity contribution is -0.160. The average molecular weight is 574 g/mol. The number of hydrogen-bond acceptors (Lipinski definition) is 7. The number of carbonyl (C=O) groups is 3. The molecular weight excluding hydrogens is 530 g/mol. The van der Waals surface area contributed by atoms with E-state index in [-0.39, 0.29) is 12.3 Å². The normalized spacial score (nSPS) is 19.2. The quantitative estimate of drug-likeness (QED) is 0.372. The number of imide groups is 1. The molecule has 0 bridgehead atoms. The van der Waals surface area contributed by atoms with Gasteiger partial charge in [-0.3, -0.25) is 24.2 Å². The number of carbonyl (C=O) groups excluding carboxylic acids is 3. The van der Waals surface area contributed by atoms with Crippen LogP contribution in [0.4, 0.5) is 0 Å². The second-order valence-electron chi connectivity index (χ2n) is 11.6. The largest absolute Gasteiger partial charge is 0.496 e. The number of likely N-dealkylation sites (tertiary alicyclic amines) is 2. The molecule has 9 nitrogen and oxygen atoms in total. The summed E-state index contributed by atoms with van der Waals surface area (Å²) in [5.41, 5.74) is 7.55. The number of hydrogen-bond donors (Lipinski definition) is 2. The molecule has 2 fully saturated rings. The zero-order valence-electron chi connectivity index (χ0n) is 25.0. The van der Waals surface area contributed by atoms with Crippen molar-refractivity contribution in [2.75, 3.05) is 33.3 Å².